The maximum Gasteiger partial charge on any atom is 0.205 e. The maximum absolute atomic E-state index is 4.16. The second kappa shape index (κ2) is 14.6. The molecule has 2 rings (SSSR count). The Morgan fingerprint density at radius 1 is 0.867 bits per heavy atom. The van der Waals surface area contributed by atoms with Crippen molar-refractivity contribution in [3.8, 4) is 0 Å². The number of unbranched alkanes of at least 4 members (excludes halogenated alkanes) is 3. The number of pyridine rings is 1. The Bertz CT molecular complexity index is 769. The number of benzene rings is 1. The molecular formula is C25H37N4S+. The van der Waals surface area contributed by atoms with Crippen LogP contribution in [0.5, 0.6) is 0 Å². The molecule has 0 radical (unpaired) electrons. The van der Waals surface area contributed by atoms with E-state index in [4.69, 9.17) is 0 Å². The first-order valence-electron chi connectivity index (χ1n) is 10.9. The predicted molar refractivity (Wildman–Crippen MR) is 134 cm³/mol. The van der Waals surface area contributed by atoms with Gasteiger partial charge in [0.1, 0.15) is 6.54 Å². The van der Waals surface area contributed by atoms with Crippen LogP contribution in [0.15, 0.2) is 61.1 Å². The van der Waals surface area contributed by atoms with Gasteiger partial charge in [-0.15, -0.1) is 0 Å². The monoisotopic (exact) mass is 425 g/mol. The molecule has 4 nitrogen and oxygen atoms in total. The zero-order valence-corrected chi connectivity index (χ0v) is 19.3. The van der Waals surface area contributed by atoms with E-state index in [2.05, 4.69) is 108 Å². The molecule has 0 aliphatic heterocycles. The zero-order chi connectivity index (χ0) is 21.4. The molecule has 0 fully saturated rings. The molecule has 1 aromatic heterocycles. The van der Waals surface area contributed by atoms with Crippen LogP contribution < -0.4 is 20.1 Å². The van der Waals surface area contributed by atoms with Gasteiger partial charge >= 0.3 is 0 Å². The van der Waals surface area contributed by atoms with Gasteiger partial charge in [0.05, 0.1) is 0 Å². The van der Waals surface area contributed by atoms with E-state index >= 15 is 0 Å². The first-order valence-corrected chi connectivity index (χ1v) is 11.5. The highest BCUT2D eigenvalue weighted by Crippen LogP contribution is 2.14. The van der Waals surface area contributed by atoms with Crippen LogP contribution in [0.1, 0.15) is 36.9 Å². The minimum absolute atomic E-state index is 0.852. The maximum atomic E-state index is 4.16. The van der Waals surface area contributed by atoms with Crippen LogP contribution in [0.4, 0.5) is 5.69 Å². The fraction of sp³-hybridized carbons (Fsp3) is 0.400. The molecule has 0 atom stereocenters. The summed E-state index contributed by atoms with van der Waals surface area (Å²) in [5.41, 5.74) is 3.69. The quantitative estimate of drug-likeness (QED) is 0.239. The van der Waals surface area contributed by atoms with E-state index in [0.29, 0.717) is 0 Å². The fourth-order valence-electron chi connectivity index (χ4n) is 3.12. The number of nitrogens with zero attached hydrogens (tertiary/aromatic N) is 2. The van der Waals surface area contributed by atoms with Gasteiger partial charge in [0.15, 0.2) is 6.20 Å². The van der Waals surface area contributed by atoms with E-state index in [1.165, 1.54) is 42.6 Å². The second-order valence-electron chi connectivity index (χ2n) is 7.52. The Kier molecular flexibility index (Phi) is 11.6. The van der Waals surface area contributed by atoms with E-state index < -0.39 is 0 Å². The summed E-state index contributed by atoms with van der Waals surface area (Å²) in [5.74, 6) is 0.852. The predicted octanol–water partition coefficient (Wildman–Crippen LogP) is 4.35. The van der Waals surface area contributed by atoms with Gasteiger partial charge in [-0.1, -0.05) is 18.6 Å². The lowest BCUT2D eigenvalue weighted by molar-refractivity contribution is -0.699. The SMILES string of the molecule is CN(C)c1ccc(/C=C/c2cccc[n+]2CCCCCCN/C=C\NCCS)cc1. The van der Waals surface area contributed by atoms with Gasteiger partial charge < -0.3 is 15.5 Å². The Balaban J connectivity index is 1.71. The molecule has 0 saturated heterocycles. The van der Waals surface area contributed by atoms with Gasteiger partial charge in [0.2, 0.25) is 5.69 Å². The van der Waals surface area contributed by atoms with Gasteiger partial charge in [-0.2, -0.15) is 17.2 Å². The number of anilines is 1. The van der Waals surface area contributed by atoms with Crippen LogP contribution in [0.3, 0.4) is 0 Å². The van der Waals surface area contributed by atoms with Crippen molar-refractivity contribution < 1.29 is 4.57 Å². The van der Waals surface area contributed by atoms with Crippen LogP contribution in [0.2, 0.25) is 0 Å². The van der Waals surface area contributed by atoms with E-state index in [9.17, 15) is 0 Å². The van der Waals surface area contributed by atoms with Crippen molar-refractivity contribution in [2.75, 3.05) is 37.8 Å². The third-order valence-electron chi connectivity index (χ3n) is 4.88. The first kappa shape index (κ1) is 23.9. The molecule has 30 heavy (non-hydrogen) atoms. The number of hydrogen-bond acceptors (Lipinski definition) is 4. The normalized spacial score (nSPS) is 11.3. The van der Waals surface area contributed by atoms with E-state index in [1.54, 1.807) is 0 Å². The highest BCUT2D eigenvalue weighted by Gasteiger charge is 2.06. The summed E-state index contributed by atoms with van der Waals surface area (Å²) in [6.45, 7) is 2.98. The summed E-state index contributed by atoms with van der Waals surface area (Å²) in [5, 5.41) is 6.49. The average Bonchev–Trinajstić information content (AvgIpc) is 2.77. The average molecular weight is 426 g/mol. The summed E-state index contributed by atoms with van der Waals surface area (Å²) in [7, 11) is 4.13. The number of nitrogens with one attached hydrogen (secondary N) is 2. The number of thiol groups is 1. The van der Waals surface area contributed by atoms with Gasteiger partial charge in [-0.05, 0) is 42.7 Å². The van der Waals surface area contributed by atoms with Gasteiger partial charge in [0.25, 0.3) is 0 Å². The molecule has 2 aromatic rings. The minimum atomic E-state index is 0.852. The van der Waals surface area contributed by atoms with E-state index in [-0.39, 0.29) is 0 Å². The van der Waals surface area contributed by atoms with Crippen LogP contribution in [0, 0.1) is 0 Å². The lowest BCUT2D eigenvalue weighted by Gasteiger charge is -2.11. The molecule has 0 aliphatic carbocycles. The molecule has 0 saturated carbocycles. The summed E-state index contributed by atoms with van der Waals surface area (Å²) in [6, 6.07) is 15.0. The number of aromatic nitrogens is 1. The summed E-state index contributed by atoms with van der Waals surface area (Å²) >= 11 is 4.16. The number of hydrogen-bond donors (Lipinski definition) is 3. The van der Waals surface area contributed by atoms with Crippen molar-refractivity contribution in [2.45, 2.75) is 32.2 Å². The smallest absolute Gasteiger partial charge is 0.205 e. The minimum Gasteiger partial charge on any atom is -0.390 e. The van der Waals surface area contributed by atoms with Gasteiger partial charge in [0, 0.05) is 75.7 Å². The van der Waals surface area contributed by atoms with Crippen LogP contribution in [0.25, 0.3) is 12.2 Å². The highest BCUT2D eigenvalue weighted by molar-refractivity contribution is 7.80. The highest BCUT2D eigenvalue weighted by atomic mass is 32.1. The van der Waals surface area contributed by atoms with Crippen molar-refractivity contribution >= 4 is 30.5 Å². The first-order chi connectivity index (χ1) is 14.7. The van der Waals surface area contributed by atoms with Crippen molar-refractivity contribution in [2.24, 2.45) is 0 Å². The second-order valence-corrected chi connectivity index (χ2v) is 7.96. The van der Waals surface area contributed by atoms with Crippen LogP contribution in [-0.2, 0) is 6.54 Å². The molecule has 0 aliphatic rings. The molecule has 2 N–H and O–H groups in total. The Morgan fingerprint density at radius 3 is 2.33 bits per heavy atom. The molecule has 1 aromatic carbocycles. The van der Waals surface area contributed by atoms with Crippen molar-refractivity contribution in [3.63, 3.8) is 0 Å². The summed E-state index contributed by atoms with van der Waals surface area (Å²) < 4.78 is 2.35. The van der Waals surface area contributed by atoms with Crippen LogP contribution in [-0.4, -0.2) is 32.9 Å². The topological polar surface area (TPSA) is 31.2 Å². The number of aryl methyl sites for hydroxylation is 1. The lowest BCUT2D eigenvalue weighted by atomic mass is 10.1. The summed E-state index contributed by atoms with van der Waals surface area (Å²) in [4.78, 5) is 2.12. The number of rotatable bonds is 14. The molecule has 0 spiro atoms. The molecule has 0 amide bonds. The largest absolute Gasteiger partial charge is 0.390 e. The molecule has 5 heteroatoms. The lowest BCUT2D eigenvalue weighted by Crippen LogP contribution is -2.36. The molecular weight excluding hydrogens is 388 g/mol. The van der Waals surface area contributed by atoms with Crippen molar-refractivity contribution in [1.29, 1.82) is 0 Å². The van der Waals surface area contributed by atoms with Crippen LogP contribution >= 0.6 is 12.6 Å². The Morgan fingerprint density at radius 2 is 1.60 bits per heavy atom. The molecule has 1 heterocycles. The molecule has 0 unspecified atom stereocenters. The fourth-order valence-corrected chi connectivity index (χ4v) is 3.25. The Hall–Kier alpha value is -2.40. The van der Waals surface area contributed by atoms with E-state index in [1.807, 2.05) is 12.4 Å². The Labute approximate surface area is 188 Å². The van der Waals surface area contributed by atoms with Gasteiger partial charge in [-0.3, -0.25) is 0 Å². The van der Waals surface area contributed by atoms with Crippen molar-refractivity contribution in [3.05, 3.63) is 72.3 Å². The summed E-state index contributed by atoms with van der Waals surface area (Å²) in [6.07, 6.45) is 15.4. The van der Waals surface area contributed by atoms with Crippen molar-refractivity contribution in [1.82, 2.24) is 10.6 Å². The van der Waals surface area contributed by atoms with Gasteiger partial charge in [-0.25, -0.2) is 0 Å². The zero-order valence-electron chi connectivity index (χ0n) is 18.4. The molecule has 0 bridgehead atoms. The van der Waals surface area contributed by atoms with E-state index in [0.717, 1.165) is 25.4 Å². The molecule has 162 valence electrons. The third-order valence-corrected chi connectivity index (χ3v) is 5.10. The third kappa shape index (κ3) is 9.40. The standard InChI is InChI=1S/C25H36N4S/c1-28(2)24-13-10-23(11-14-24)12-15-25-9-5-8-21-29(25)20-7-4-3-6-16-26-17-18-27-19-22-30/h5,8-15,17-18,21,26-27H,3-4,6-7,16,19-20,22H2,1-2H3/p+1/b18-17-.